The van der Waals surface area contributed by atoms with E-state index in [4.69, 9.17) is 4.74 Å². The van der Waals surface area contributed by atoms with Crippen LogP contribution in [-0.2, 0) is 24.5 Å². The molecule has 4 rings (SSSR count). The molecule has 0 radical (unpaired) electrons. The molecule has 1 saturated carbocycles. The van der Waals surface area contributed by atoms with Gasteiger partial charge in [0.15, 0.2) is 5.67 Å². The van der Waals surface area contributed by atoms with E-state index in [1.54, 1.807) is 21.8 Å². The normalized spacial score (nSPS) is 18.8. The molecule has 25 heavy (non-hydrogen) atoms. The van der Waals surface area contributed by atoms with Gasteiger partial charge in [0.2, 0.25) is 5.88 Å². The van der Waals surface area contributed by atoms with Crippen LogP contribution in [0.4, 0.5) is 4.39 Å². The number of hydrogen-bond donors (Lipinski definition) is 0. The molecule has 0 unspecified atom stereocenters. The minimum Gasteiger partial charge on any atom is -0.471 e. The maximum atomic E-state index is 14.5. The number of nitrogens with zero attached hydrogens (tertiary/aromatic N) is 5. The van der Waals surface area contributed by atoms with Crippen LogP contribution in [0.2, 0.25) is 0 Å². The summed E-state index contributed by atoms with van der Waals surface area (Å²) in [6.07, 6.45) is 3.82. The first kappa shape index (κ1) is 16.0. The Morgan fingerprint density at radius 2 is 2.16 bits per heavy atom. The lowest BCUT2D eigenvalue weighted by molar-refractivity contribution is -0.150. The van der Waals surface area contributed by atoms with Gasteiger partial charge < -0.3 is 9.64 Å². The van der Waals surface area contributed by atoms with Crippen molar-refractivity contribution in [1.82, 2.24) is 24.9 Å². The zero-order chi connectivity index (χ0) is 17.3. The standard InChI is InChI=1S/C17H20FN5O2/c18-17(6-3-7-17)16(24)22-9-4-10-23-14(11-22)13(20-21-23)12-25-15-5-1-2-8-19-15/h1-2,5,8H,3-4,6-7,9-12H2. The lowest BCUT2D eigenvalue weighted by atomic mass is 9.81. The highest BCUT2D eigenvalue weighted by atomic mass is 19.1. The Kier molecular flexibility index (Phi) is 4.10. The van der Waals surface area contributed by atoms with Gasteiger partial charge in [-0.15, -0.1) is 5.10 Å². The fraction of sp³-hybridized carbons (Fsp3) is 0.529. The third-order valence-electron chi connectivity index (χ3n) is 4.87. The third-order valence-corrected chi connectivity index (χ3v) is 4.87. The molecule has 0 atom stereocenters. The average Bonchev–Trinajstić information content (AvgIpc) is 2.86. The smallest absolute Gasteiger partial charge is 0.260 e. The minimum absolute atomic E-state index is 0.217. The van der Waals surface area contributed by atoms with Crippen molar-refractivity contribution >= 4 is 5.91 Å². The molecule has 2 aromatic heterocycles. The number of carbonyl (C=O) groups excluding carboxylic acids is 1. The fourth-order valence-electron chi connectivity index (χ4n) is 3.24. The van der Waals surface area contributed by atoms with Crippen LogP contribution in [0.3, 0.4) is 0 Å². The summed E-state index contributed by atoms with van der Waals surface area (Å²) in [5.41, 5.74) is -0.204. The predicted octanol–water partition coefficient (Wildman–Crippen LogP) is 1.88. The molecule has 132 valence electrons. The summed E-state index contributed by atoms with van der Waals surface area (Å²) in [4.78, 5) is 18.3. The Balaban J connectivity index is 1.50. The van der Waals surface area contributed by atoms with Crippen molar-refractivity contribution in [3.05, 3.63) is 35.8 Å². The van der Waals surface area contributed by atoms with E-state index in [1.807, 2.05) is 12.1 Å². The predicted molar refractivity (Wildman–Crippen MR) is 86.3 cm³/mol. The van der Waals surface area contributed by atoms with Crippen LogP contribution in [0, 0.1) is 0 Å². The summed E-state index contributed by atoms with van der Waals surface area (Å²) in [5.74, 6) is 0.105. The van der Waals surface area contributed by atoms with E-state index >= 15 is 0 Å². The molecule has 0 spiro atoms. The summed E-state index contributed by atoms with van der Waals surface area (Å²) < 4.78 is 22.0. The van der Waals surface area contributed by atoms with Gasteiger partial charge >= 0.3 is 0 Å². The minimum atomic E-state index is -1.67. The Morgan fingerprint density at radius 3 is 2.88 bits per heavy atom. The van der Waals surface area contributed by atoms with Crippen LogP contribution in [0.15, 0.2) is 24.4 Å². The summed E-state index contributed by atoms with van der Waals surface area (Å²) in [5, 5.41) is 8.33. The van der Waals surface area contributed by atoms with Crippen LogP contribution in [0.1, 0.15) is 37.1 Å². The molecule has 1 amide bonds. The number of pyridine rings is 1. The molecule has 0 bridgehead atoms. The fourth-order valence-corrected chi connectivity index (χ4v) is 3.24. The molecule has 2 aliphatic rings. The van der Waals surface area contributed by atoms with E-state index in [1.165, 1.54) is 0 Å². The topological polar surface area (TPSA) is 73.1 Å². The Bertz CT molecular complexity index is 760. The monoisotopic (exact) mass is 345 g/mol. The largest absolute Gasteiger partial charge is 0.471 e. The molecular weight excluding hydrogens is 325 g/mol. The van der Waals surface area contributed by atoms with Crippen LogP contribution < -0.4 is 4.74 Å². The Labute approximate surface area is 144 Å². The zero-order valence-corrected chi connectivity index (χ0v) is 13.9. The first-order chi connectivity index (χ1) is 12.2. The van der Waals surface area contributed by atoms with Gasteiger partial charge in [0.25, 0.3) is 5.91 Å². The van der Waals surface area contributed by atoms with Crippen molar-refractivity contribution in [2.75, 3.05) is 6.54 Å². The van der Waals surface area contributed by atoms with Gasteiger partial charge in [0.1, 0.15) is 12.3 Å². The van der Waals surface area contributed by atoms with Gasteiger partial charge in [-0.25, -0.2) is 14.1 Å². The lowest BCUT2D eigenvalue weighted by Crippen LogP contribution is -2.50. The number of aryl methyl sites for hydroxylation is 1. The van der Waals surface area contributed by atoms with E-state index in [2.05, 4.69) is 15.3 Å². The number of amides is 1. The van der Waals surface area contributed by atoms with Crippen molar-refractivity contribution in [3.8, 4) is 5.88 Å². The van der Waals surface area contributed by atoms with Gasteiger partial charge in [-0.2, -0.15) is 0 Å². The highest BCUT2D eigenvalue weighted by molar-refractivity contribution is 5.86. The molecule has 1 aliphatic carbocycles. The van der Waals surface area contributed by atoms with Crippen molar-refractivity contribution in [3.63, 3.8) is 0 Å². The SMILES string of the molecule is O=C(N1CCCn2nnc(COc3ccccn3)c2C1)C1(F)CCC1. The second-order valence-corrected chi connectivity index (χ2v) is 6.56. The summed E-state index contributed by atoms with van der Waals surface area (Å²) in [6.45, 7) is 1.73. The zero-order valence-electron chi connectivity index (χ0n) is 13.9. The van der Waals surface area contributed by atoms with Crippen molar-refractivity contribution in [2.45, 2.75) is 51.0 Å². The van der Waals surface area contributed by atoms with Crippen LogP contribution >= 0.6 is 0 Å². The first-order valence-corrected chi connectivity index (χ1v) is 8.59. The van der Waals surface area contributed by atoms with Crippen molar-refractivity contribution < 1.29 is 13.9 Å². The molecule has 2 aromatic rings. The van der Waals surface area contributed by atoms with Crippen molar-refractivity contribution in [2.24, 2.45) is 0 Å². The van der Waals surface area contributed by atoms with E-state index in [-0.39, 0.29) is 6.61 Å². The van der Waals surface area contributed by atoms with E-state index < -0.39 is 11.6 Å². The van der Waals surface area contributed by atoms with E-state index in [9.17, 15) is 9.18 Å². The summed E-state index contributed by atoms with van der Waals surface area (Å²) in [6, 6.07) is 5.42. The van der Waals surface area contributed by atoms with Crippen molar-refractivity contribution in [1.29, 1.82) is 0 Å². The molecule has 1 aliphatic heterocycles. The molecule has 3 heterocycles. The van der Waals surface area contributed by atoms with Gasteiger partial charge in [-0.05, 0) is 31.7 Å². The van der Waals surface area contributed by atoms with Crippen LogP contribution in [0.5, 0.6) is 5.88 Å². The number of aromatic nitrogens is 4. The number of alkyl halides is 1. The number of rotatable bonds is 4. The quantitative estimate of drug-likeness (QED) is 0.846. The number of carbonyl (C=O) groups is 1. The van der Waals surface area contributed by atoms with Gasteiger partial charge in [-0.1, -0.05) is 11.3 Å². The Hall–Kier alpha value is -2.51. The molecule has 1 fully saturated rings. The molecule has 7 nitrogen and oxygen atoms in total. The van der Waals surface area contributed by atoms with Gasteiger partial charge in [-0.3, -0.25) is 4.79 Å². The molecular formula is C17H20FN5O2. The highest BCUT2D eigenvalue weighted by Gasteiger charge is 2.47. The second-order valence-electron chi connectivity index (χ2n) is 6.56. The molecule has 0 saturated heterocycles. The van der Waals surface area contributed by atoms with E-state index in [0.717, 1.165) is 18.5 Å². The van der Waals surface area contributed by atoms with Crippen LogP contribution in [-0.4, -0.2) is 43.0 Å². The first-order valence-electron chi connectivity index (χ1n) is 8.59. The summed E-state index contributed by atoms with van der Waals surface area (Å²) in [7, 11) is 0. The third kappa shape index (κ3) is 3.08. The number of halogens is 1. The molecule has 0 N–H and O–H groups in total. The maximum absolute atomic E-state index is 14.5. The molecule has 8 heteroatoms. The maximum Gasteiger partial charge on any atom is 0.260 e. The number of hydrogen-bond acceptors (Lipinski definition) is 5. The highest BCUT2D eigenvalue weighted by Crippen LogP contribution is 2.38. The van der Waals surface area contributed by atoms with Gasteiger partial charge in [0, 0.05) is 25.4 Å². The van der Waals surface area contributed by atoms with Gasteiger partial charge in [0.05, 0.1) is 12.2 Å². The molecule has 0 aromatic carbocycles. The van der Waals surface area contributed by atoms with E-state index in [0.29, 0.717) is 44.0 Å². The number of fused-ring (bicyclic) bond motifs is 1. The summed E-state index contributed by atoms with van der Waals surface area (Å²) >= 11 is 0. The Morgan fingerprint density at radius 1 is 1.28 bits per heavy atom. The average molecular weight is 345 g/mol. The van der Waals surface area contributed by atoms with Crippen LogP contribution in [0.25, 0.3) is 0 Å². The lowest BCUT2D eigenvalue weighted by Gasteiger charge is -2.36. The second kappa shape index (κ2) is 6.42. The number of ether oxygens (including phenoxy) is 1.